The van der Waals surface area contributed by atoms with E-state index in [1.807, 2.05) is 0 Å². The van der Waals surface area contributed by atoms with E-state index in [9.17, 15) is 0 Å². The summed E-state index contributed by atoms with van der Waals surface area (Å²) >= 11 is 0. The van der Waals surface area contributed by atoms with Crippen LogP contribution in [0, 0.1) is 17.8 Å². The van der Waals surface area contributed by atoms with Crippen LogP contribution in [0.25, 0.3) is 0 Å². The van der Waals surface area contributed by atoms with Crippen LogP contribution in [0.3, 0.4) is 0 Å². The third-order valence-electron chi connectivity index (χ3n) is 4.64. The van der Waals surface area contributed by atoms with Crippen molar-refractivity contribution in [1.29, 1.82) is 0 Å². The zero-order valence-corrected chi connectivity index (χ0v) is 12.1. The molecular formula is C17H25NO. The molecule has 1 saturated carbocycles. The summed E-state index contributed by atoms with van der Waals surface area (Å²) in [6.45, 7) is 5.20. The first-order chi connectivity index (χ1) is 9.24. The molecule has 3 rings (SSSR count). The summed E-state index contributed by atoms with van der Waals surface area (Å²) in [6, 6.07) is 9.51. The van der Waals surface area contributed by atoms with Crippen molar-refractivity contribution in [3.63, 3.8) is 0 Å². The van der Waals surface area contributed by atoms with Crippen LogP contribution in [0.1, 0.15) is 37.8 Å². The van der Waals surface area contributed by atoms with Gasteiger partial charge in [-0.05, 0) is 54.6 Å². The number of benzene rings is 1. The number of hydrogen-bond acceptors (Lipinski definition) is 2. The van der Waals surface area contributed by atoms with Crippen LogP contribution in [0.4, 0.5) is 0 Å². The lowest BCUT2D eigenvalue weighted by Crippen LogP contribution is -2.38. The average Bonchev–Trinajstić information content (AvgIpc) is 2.65. The highest BCUT2D eigenvalue weighted by Gasteiger charge is 2.39. The molecule has 0 aliphatic heterocycles. The third-order valence-corrected chi connectivity index (χ3v) is 4.64. The van der Waals surface area contributed by atoms with Gasteiger partial charge < -0.3 is 4.84 Å². The predicted molar refractivity (Wildman–Crippen MR) is 77.8 cm³/mol. The topological polar surface area (TPSA) is 21.3 Å². The van der Waals surface area contributed by atoms with Crippen LogP contribution in [-0.4, -0.2) is 12.6 Å². The van der Waals surface area contributed by atoms with Crippen LogP contribution >= 0.6 is 0 Å². The molecule has 19 heavy (non-hydrogen) atoms. The number of fused-ring (bicyclic) bond motifs is 3. The van der Waals surface area contributed by atoms with Gasteiger partial charge in [0.15, 0.2) is 0 Å². The van der Waals surface area contributed by atoms with Crippen molar-refractivity contribution >= 4 is 0 Å². The van der Waals surface area contributed by atoms with Gasteiger partial charge in [0.1, 0.15) is 0 Å². The molecule has 0 radical (unpaired) electrons. The summed E-state index contributed by atoms with van der Waals surface area (Å²) in [5.41, 5.74) is 6.51. The number of hydrogen-bond donors (Lipinski definition) is 1. The predicted octanol–water partition coefficient (Wildman–Crippen LogP) is 3.36. The highest BCUT2D eigenvalue weighted by molar-refractivity contribution is 5.30. The molecule has 0 heterocycles. The molecule has 1 aromatic rings. The molecule has 1 fully saturated rings. The van der Waals surface area contributed by atoms with Crippen LogP contribution in [0.2, 0.25) is 0 Å². The van der Waals surface area contributed by atoms with Crippen LogP contribution < -0.4 is 5.48 Å². The minimum absolute atomic E-state index is 0.547. The van der Waals surface area contributed by atoms with E-state index < -0.39 is 0 Å². The molecule has 0 aromatic heterocycles. The van der Waals surface area contributed by atoms with Gasteiger partial charge >= 0.3 is 0 Å². The smallest absolute Gasteiger partial charge is 0.0705 e. The number of nitrogens with one attached hydrogen (secondary N) is 1. The zero-order chi connectivity index (χ0) is 13.2. The summed E-state index contributed by atoms with van der Waals surface area (Å²) in [5.74, 6) is 2.09. The molecular weight excluding hydrogens is 234 g/mol. The van der Waals surface area contributed by atoms with E-state index in [-0.39, 0.29) is 0 Å². The lowest BCUT2D eigenvalue weighted by atomic mass is 9.94. The molecule has 0 amide bonds. The van der Waals surface area contributed by atoms with Gasteiger partial charge in [0.25, 0.3) is 0 Å². The highest BCUT2D eigenvalue weighted by atomic mass is 16.6. The van der Waals surface area contributed by atoms with E-state index in [2.05, 4.69) is 43.6 Å². The Bertz CT molecular complexity index is 396. The molecule has 0 saturated heterocycles. The van der Waals surface area contributed by atoms with Crippen LogP contribution in [0.15, 0.2) is 24.3 Å². The van der Waals surface area contributed by atoms with Crippen molar-refractivity contribution in [2.75, 3.05) is 6.61 Å². The second-order valence-corrected chi connectivity index (χ2v) is 6.62. The molecule has 2 nitrogen and oxygen atoms in total. The normalized spacial score (nSPS) is 29.3. The van der Waals surface area contributed by atoms with Crippen LogP contribution in [0.5, 0.6) is 0 Å². The molecule has 1 N–H and O–H groups in total. The molecule has 2 atom stereocenters. The van der Waals surface area contributed by atoms with Crippen molar-refractivity contribution in [3.05, 3.63) is 35.4 Å². The molecule has 2 bridgehead atoms. The Morgan fingerprint density at radius 2 is 1.68 bits per heavy atom. The first-order valence-corrected chi connectivity index (χ1v) is 7.68. The van der Waals surface area contributed by atoms with Gasteiger partial charge in [-0.1, -0.05) is 38.1 Å². The second-order valence-electron chi connectivity index (χ2n) is 6.62. The fraction of sp³-hybridized carbons (Fsp3) is 0.647. The molecule has 0 spiro atoms. The first kappa shape index (κ1) is 13.1. The van der Waals surface area contributed by atoms with Gasteiger partial charge in [-0.15, -0.1) is 0 Å². The Hall–Kier alpha value is -0.860. The molecule has 2 aliphatic carbocycles. The van der Waals surface area contributed by atoms with Gasteiger partial charge in [-0.2, -0.15) is 5.48 Å². The van der Waals surface area contributed by atoms with Gasteiger partial charge in [-0.3, -0.25) is 0 Å². The third kappa shape index (κ3) is 2.85. The van der Waals surface area contributed by atoms with E-state index in [0.717, 1.165) is 18.4 Å². The maximum Gasteiger partial charge on any atom is 0.0705 e. The van der Waals surface area contributed by atoms with Gasteiger partial charge in [0, 0.05) is 6.04 Å². The average molecular weight is 259 g/mol. The number of rotatable bonds is 4. The van der Waals surface area contributed by atoms with Gasteiger partial charge in [0.05, 0.1) is 6.61 Å². The molecule has 2 unspecified atom stereocenters. The van der Waals surface area contributed by atoms with Gasteiger partial charge in [-0.25, -0.2) is 0 Å². The Kier molecular flexibility index (Phi) is 3.90. The van der Waals surface area contributed by atoms with E-state index in [1.54, 1.807) is 11.1 Å². The van der Waals surface area contributed by atoms with E-state index in [4.69, 9.17) is 4.84 Å². The molecule has 2 aliphatic rings. The van der Waals surface area contributed by atoms with Gasteiger partial charge in [0.2, 0.25) is 0 Å². The standard InChI is InChI=1S/C17H25NO/c1-12(2)11-19-18-17-15-7-8-16(17)10-14-6-4-3-5-13(14)9-15/h3-6,12,15-18H,7-11H2,1-2H3. The number of hydroxylamine groups is 1. The quantitative estimate of drug-likeness (QED) is 0.837. The fourth-order valence-electron chi connectivity index (χ4n) is 3.65. The SMILES string of the molecule is CC(C)CONC1C2CCC1Cc1ccccc1C2. The summed E-state index contributed by atoms with van der Waals surface area (Å²) in [6.07, 6.45) is 5.13. The Labute approximate surface area is 116 Å². The van der Waals surface area contributed by atoms with E-state index in [0.29, 0.717) is 12.0 Å². The largest absolute Gasteiger partial charge is 0.301 e. The summed E-state index contributed by atoms with van der Waals surface area (Å²) in [7, 11) is 0. The Morgan fingerprint density at radius 1 is 1.11 bits per heavy atom. The fourth-order valence-corrected chi connectivity index (χ4v) is 3.65. The minimum Gasteiger partial charge on any atom is -0.301 e. The maximum absolute atomic E-state index is 5.72. The van der Waals surface area contributed by atoms with Crippen molar-refractivity contribution in [2.45, 2.75) is 45.6 Å². The lowest BCUT2D eigenvalue weighted by molar-refractivity contribution is -0.0165. The van der Waals surface area contributed by atoms with Crippen molar-refractivity contribution in [1.82, 2.24) is 5.48 Å². The molecule has 2 heteroatoms. The highest BCUT2D eigenvalue weighted by Crippen LogP contribution is 2.39. The minimum atomic E-state index is 0.547. The Balaban J connectivity index is 1.69. The molecule has 104 valence electrons. The lowest BCUT2D eigenvalue weighted by Gasteiger charge is -2.23. The Morgan fingerprint density at radius 3 is 2.21 bits per heavy atom. The molecule has 1 aromatic carbocycles. The second kappa shape index (κ2) is 5.64. The summed E-state index contributed by atoms with van der Waals surface area (Å²) in [4.78, 5) is 5.72. The van der Waals surface area contributed by atoms with Crippen LogP contribution in [-0.2, 0) is 17.7 Å². The van der Waals surface area contributed by atoms with E-state index in [1.165, 1.54) is 25.7 Å². The summed E-state index contributed by atoms with van der Waals surface area (Å²) in [5, 5.41) is 0. The van der Waals surface area contributed by atoms with Crippen molar-refractivity contribution < 1.29 is 4.84 Å². The van der Waals surface area contributed by atoms with E-state index >= 15 is 0 Å². The van der Waals surface area contributed by atoms with Crippen molar-refractivity contribution in [3.8, 4) is 0 Å². The maximum atomic E-state index is 5.72. The first-order valence-electron chi connectivity index (χ1n) is 7.68. The van der Waals surface area contributed by atoms with Crippen molar-refractivity contribution in [2.24, 2.45) is 17.8 Å². The summed E-state index contributed by atoms with van der Waals surface area (Å²) < 4.78 is 0. The monoisotopic (exact) mass is 259 g/mol. The zero-order valence-electron chi connectivity index (χ0n) is 12.1.